The molecule has 5 heteroatoms. The molecule has 3 N–H and O–H groups in total. The molecule has 0 aromatic heterocycles. The molecule has 0 saturated carbocycles. The quantitative estimate of drug-likeness (QED) is 0.589. The van der Waals surface area contributed by atoms with Crippen LogP contribution in [0.2, 0.25) is 0 Å². The van der Waals surface area contributed by atoms with Crippen LogP contribution in [0.3, 0.4) is 0 Å². The summed E-state index contributed by atoms with van der Waals surface area (Å²) in [5.74, 6) is 5.35. The van der Waals surface area contributed by atoms with Crippen molar-refractivity contribution in [3.05, 3.63) is 0 Å². The van der Waals surface area contributed by atoms with Crippen molar-refractivity contribution in [3.8, 4) is 0 Å². The zero-order valence-corrected chi connectivity index (χ0v) is 6.90. The number of hydrogen-bond donors (Lipinski definition) is 2. The van der Waals surface area contributed by atoms with Gasteiger partial charge in [-0.2, -0.15) is 0 Å². The van der Waals surface area contributed by atoms with Crippen molar-refractivity contribution in [1.82, 2.24) is 4.90 Å². The van der Waals surface area contributed by atoms with Crippen molar-refractivity contribution in [2.75, 3.05) is 19.7 Å². The Balaban J connectivity index is 2.25. The lowest BCUT2D eigenvalue weighted by atomic mass is 9.98. The molecule has 12 heavy (non-hydrogen) atoms. The fourth-order valence-corrected chi connectivity index (χ4v) is 1.43. The molecule has 0 spiro atoms. The summed E-state index contributed by atoms with van der Waals surface area (Å²) < 4.78 is 0. The van der Waals surface area contributed by atoms with Gasteiger partial charge in [-0.3, -0.25) is 0 Å². The summed E-state index contributed by atoms with van der Waals surface area (Å²) in [5, 5.41) is 8.62. The lowest BCUT2D eigenvalue weighted by Gasteiger charge is -2.29. The summed E-state index contributed by atoms with van der Waals surface area (Å²) in [6.45, 7) is 1.74. The van der Waals surface area contributed by atoms with Crippen molar-refractivity contribution >= 4 is 6.09 Å². The van der Waals surface area contributed by atoms with E-state index in [0.717, 1.165) is 12.8 Å². The molecule has 70 valence electrons. The Hall–Kier alpha value is -0.810. The van der Waals surface area contributed by atoms with Gasteiger partial charge in [0.1, 0.15) is 0 Å². The lowest BCUT2D eigenvalue weighted by Crippen LogP contribution is -2.38. The van der Waals surface area contributed by atoms with Gasteiger partial charge in [-0.05, 0) is 18.8 Å². The van der Waals surface area contributed by atoms with E-state index < -0.39 is 6.09 Å². The molecule has 0 radical (unpaired) electrons. The number of carbonyl (C=O) groups is 1. The van der Waals surface area contributed by atoms with Crippen LogP contribution < -0.4 is 5.90 Å². The third kappa shape index (κ3) is 2.35. The zero-order chi connectivity index (χ0) is 8.97. The van der Waals surface area contributed by atoms with Gasteiger partial charge >= 0.3 is 6.09 Å². The molecule has 0 aromatic rings. The first-order chi connectivity index (χ1) is 5.74. The van der Waals surface area contributed by atoms with Crippen LogP contribution in [0.1, 0.15) is 12.8 Å². The van der Waals surface area contributed by atoms with Crippen LogP contribution in [0, 0.1) is 5.92 Å². The van der Waals surface area contributed by atoms with Crippen molar-refractivity contribution in [1.29, 1.82) is 0 Å². The van der Waals surface area contributed by atoms with Crippen molar-refractivity contribution in [3.63, 3.8) is 0 Å². The molecular weight excluding hydrogens is 160 g/mol. The van der Waals surface area contributed by atoms with Gasteiger partial charge in [-0.15, -0.1) is 0 Å². The number of hydrogen-bond acceptors (Lipinski definition) is 3. The minimum atomic E-state index is -0.831. The summed E-state index contributed by atoms with van der Waals surface area (Å²) >= 11 is 0. The highest BCUT2D eigenvalue weighted by molar-refractivity contribution is 5.64. The first-order valence-corrected chi connectivity index (χ1v) is 4.03. The lowest BCUT2D eigenvalue weighted by molar-refractivity contribution is 0.0656. The number of nitrogens with zero attached hydrogens (tertiary/aromatic N) is 1. The number of piperidine rings is 1. The molecule has 1 heterocycles. The fourth-order valence-electron chi connectivity index (χ4n) is 1.43. The molecular formula is C7H14N2O3. The molecule has 0 aliphatic carbocycles. The second-order valence-electron chi connectivity index (χ2n) is 3.05. The summed E-state index contributed by atoms with van der Waals surface area (Å²) in [6, 6.07) is 0. The molecule has 1 saturated heterocycles. The SMILES string of the molecule is NOCC1CCN(C(=O)O)CC1. The van der Waals surface area contributed by atoms with E-state index in [1.54, 1.807) is 0 Å². The van der Waals surface area contributed by atoms with E-state index in [-0.39, 0.29) is 0 Å². The maximum absolute atomic E-state index is 10.5. The van der Waals surface area contributed by atoms with E-state index in [9.17, 15) is 4.79 Å². The van der Waals surface area contributed by atoms with Crippen molar-refractivity contribution in [2.45, 2.75) is 12.8 Å². The molecule has 0 atom stereocenters. The van der Waals surface area contributed by atoms with Crippen LogP contribution in [0.25, 0.3) is 0 Å². The van der Waals surface area contributed by atoms with E-state index in [1.165, 1.54) is 4.90 Å². The van der Waals surface area contributed by atoms with Crippen LogP contribution in [-0.4, -0.2) is 35.8 Å². The topological polar surface area (TPSA) is 75.8 Å². The van der Waals surface area contributed by atoms with Crippen LogP contribution >= 0.6 is 0 Å². The van der Waals surface area contributed by atoms with Gasteiger partial charge in [-0.1, -0.05) is 0 Å². The van der Waals surface area contributed by atoms with Gasteiger partial charge in [0.05, 0.1) is 6.61 Å². The molecule has 1 aliphatic rings. The third-order valence-corrected chi connectivity index (χ3v) is 2.22. The minimum absolute atomic E-state index is 0.422. The average molecular weight is 174 g/mol. The molecule has 1 aliphatic heterocycles. The second-order valence-corrected chi connectivity index (χ2v) is 3.05. The predicted molar refractivity (Wildman–Crippen MR) is 42.5 cm³/mol. The summed E-state index contributed by atoms with van der Waals surface area (Å²) in [7, 11) is 0. The van der Waals surface area contributed by atoms with Crippen molar-refractivity contribution in [2.24, 2.45) is 11.8 Å². The standard InChI is InChI=1S/C7H14N2O3/c8-12-5-6-1-3-9(4-2-6)7(10)11/h6H,1-5,8H2,(H,10,11). The Bertz CT molecular complexity index is 155. The number of amides is 1. The van der Waals surface area contributed by atoms with Gasteiger partial charge in [0.25, 0.3) is 0 Å². The molecule has 0 aromatic carbocycles. The fraction of sp³-hybridized carbons (Fsp3) is 0.857. The van der Waals surface area contributed by atoms with Crippen LogP contribution in [0.15, 0.2) is 0 Å². The zero-order valence-electron chi connectivity index (χ0n) is 6.90. The average Bonchev–Trinajstić information content (AvgIpc) is 2.06. The Morgan fingerprint density at radius 1 is 1.58 bits per heavy atom. The van der Waals surface area contributed by atoms with Crippen LogP contribution in [0.4, 0.5) is 4.79 Å². The minimum Gasteiger partial charge on any atom is -0.465 e. The summed E-state index contributed by atoms with van der Waals surface area (Å²) in [5.41, 5.74) is 0. The first-order valence-electron chi connectivity index (χ1n) is 4.03. The Morgan fingerprint density at radius 2 is 2.17 bits per heavy atom. The van der Waals surface area contributed by atoms with E-state index in [1.807, 2.05) is 0 Å². The third-order valence-electron chi connectivity index (χ3n) is 2.22. The predicted octanol–water partition coefficient (Wildman–Crippen LogP) is 0.267. The number of carboxylic acid groups (broad SMARTS) is 1. The van der Waals surface area contributed by atoms with Gasteiger partial charge in [0.15, 0.2) is 0 Å². The van der Waals surface area contributed by atoms with Gasteiger partial charge < -0.3 is 14.8 Å². The molecule has 1 amide bonds. The van der Waals surface area contributed by atoms with E-state index in [2.05, 4.69) is 4.84 Å². The molecule has 0 unspecified atom stereocenters. The van der Waals surface area contributed by atoms with Gasteiger partial charge in [0, 0.05) is 13.1 Å². The van der Waals surface area contributed by atoms with E-state index in [0.29, 0.717) is 25.6 Å². The molecule has 1 fully saturated rings. The van der Waals surface area contributed by atoms with Crippen LogP contribution in [-0.2, 0) is 4.84 Å². The van der Waals surface area contributed by atoms with Crippen molar-refractivity contribution < 1.29 is 14.7 Å². The monoisotopic (exact) mass is 174 g/mol. The Labute approximate surface area is 71.0 Å². The molecule has 1 rings (SSSR count). The Kier molecular flexibility index (Phi) is 3.31. The Morgan fingerprint density at radius 3 is 2.58 bits per heavy atom. The highest BCUT2D eigenvalue weighted by atomic mass is 16.6. The highest BCUT2D eigenvalue weighted by Gasteiger charge is 2.21. The van der Waals surface area contributed by atoms with E-state index in [4.69, 9.17) is 11.0 Å². The smallest absolute Gasteiger partial charge is 0.407 e. The number of nitrogens with two attached hydrogens (primary N) is 1. The first kappa shape index (κ1) is 9.28. The normalized spacial score (nSPS) is 19.6. The van der Waals surface area contributed by atoms with Gasteiger partial charge in [0.2, 0.25) is 0 Å². The van der Waals surface area contributed by atoms with Gasteiger partial charge in [-0.25, -0.2) is 10.7 Å². The molecule has 5 nitrogen and oxygen atoms in total. The summed E-state index contributed by atoms with van der Waals surface area (Å²) in [4.78, 5) is 16.4. The maximum atomic E-state index is 10.5. The molecule has 0 bridgehead atoms. The van der Waals surface area contributed by atoms with E-state index >= 15 is 0 Å². The van der Waals surface area contributed by atoms with Crippen LogP contribution in [0.5, 0.6) is 0 Å². The second kappa shape index (κ2) is 4.27. The largest absolute Gasteiger partial charge is 0.465 e. The maximum Gasteiger partial charge on any atom is 0.407 e. The number of rotatable bonds is 2. The number of likely N-dealkylation sites (tertiary alicyclic amines) is 1. The highest BCUT2D eigenvalue weighted by Crippen LogP contribution is 2.16. The summed E-state index contributed by atoms with van der Waals surface area (Å²) in [6.07, 6.45) is 0.870.